The minimum Gasteiger partial charge on any atom is -0.469 e. The highest BCUT2D eigenvalue weighted by Crippen LogP contribution is 2.40. The van der Waals surface area contributed by atoms with E-state index in [-0.39, 0.29) is 54.1 Å². The van der Waals surface area contributed by atoms with Gasteiger partial charge in [-0.15, -0.1) is 0 Å². The van der Waals surface area contributed by atoms with Crippen LogP contribution in [0.15, 0.2) is 23.7 Å². The van der Waals surface area contributed by atoms with Gasteiger partial charge in [-0.2, -0.15) is 0 Å². The molecule has 2 saturated heterocycles. The third-order valence-corrected chi connectivity index (χ3v) is 18.5. The first-order chi connectivity index (χ1) is 35.0. The van der Waals surface area contributed by atoms with Crippen molar-refractivity contribution in [3.05, 3.63) is 23.7 Å². The molecule has 24 heteroatoms. The number of aliphatic hydroxyl groups excluding tert-OH is 4. The van der Waals surface area contributed by atoms with E-state index in [0.29, 0.717) is 25.7 Å². The molecule has 6 aliphatic rings. The fourth-order valence-corrected chi connectivity index (χ4v) is 13.7. The second-order valence-electron chi connectivity index (χ2n) is 22.1. The molecule has 2 aliphatic carbocycles. The summed E-state index contributed by atoms with van der Waals surface area (Å²) in [5, 5.41) is 71.2. The Morgan fingerprint density at radius 3 is 1.41 bits per heavy atom. The first-order valence-corrected chi connectivity index (χ1v) is 31.2. The molecule has 4 fully saturated rings. The number of nitrogens with two attached hydrogens (primary N) is 1. The second-order valence-corrected chi connectivity index (χ2v) is 27.2. The van der Waals surface area contributed by atoms with Gasteiger partial charge in [0, 0.05) is 53.1 Å². The predicted molar refractivity (Wildman–Crippen MR) is 282 cm³/mol. The molecule has 6 rings (SSSR count). The van der Waals surface area contributed by atoms with Crippen LogP contribution in [-0.2, 0) is 56.8 Å². The molecule has 0 spiro atoms. The average Bonchev–Trinajstić information content (AvgIpc) is 3.31. The van der Waals surface area contributed by atoms with Crippen molar-refractivity contribution >= 4 is 29.6 Å². The highest BCUT2D eigenvalue weighted by atomic mass is 35.7. The lowest BCUT2D eigenvalue weighted by Gasteiger charge is -2.49. The monoisotopic (exact) mass is 1140 g/mol. The summed E-state index contributed by atoms with van der Waals surface area (Å²) >= 11 is 0. The maximum Gasteiger partial charge on any atom is 0.232 e. The van der Waals surface area contributed by atoms with Crippen LogP contribution in [0.2, 0.25) is 0 Å². The maximum absolute atomic E-state index is 12.8. The van der Waals surface area contributed by atoms with Crippen LogP contribution >= 0.6 is 10.7 Å². The van der Waals surface area contributed by atoms with Crippen molar-refractivity contribution in [2.45, 2.75) is 224 Å². The molecule has 0 aromatic heterocycles. The number of hydrogen-bond donors (Lipinski definition) is 9. The van der Waals surface area contributed by atoms with Gasteiger partial charge in [0.05, 0.1) is 66.6 Å². The van der Waals surface area contributed by atoms with Crippen molar-refractivity contribution in [3.63, 3.8) is 0 Å². The molecule has 0 bridgehead atoms. The number of allylic oxidation sites excluding steroid dienone is 4. The van der Waals surface area contributed by atoms with E-state index >= 15 is 0 Å². The first-order valence-electron chi connectivity index (χ1n) is 26.9. The first kappa shape index (κ1) is 66.2. The lowest BCUT2D eigenvalue weighted by molar-refractivity contribution is -0.311. The number of hydrogen-bond acceptors (Lipinski definition) is 21. The third kappa shape index (κ3) is 18.1. The Hall–Kier alpha value is -1.33. The van der Waals surface area contributed by atoms with E-state index in [1.165, 1.54) is 0 Å². The SMILES string of the molecule is CCC1=CC[C@@H](C)[C@@H](OC2[C@@H](C)C[C@@H](N)[C@H](O[C@H]3OC[C@](C)(O)[C@H](NC)[C@H]3O)[C@H]2O)O1.CCCS(=O)(=O)C[C@@H]1C[C@H](C)C(O[C@H]2OC(CC)=CC[C@H]2C)[C@H](O)[C@H]1O[C@H]1OC[C@](C)(O)[C@H](NC)[C@H]1O.CCCS(=O)(=O)Cl. The standard InChI is InChI=1S/C26H47NO9S.C22H40N2O7.C3H7ClO2S/c1-7-11-37(31,32)13-17-12-16(4)21(35-24-15(3)9-10-18(8-2)34-24)19(28)22(17)36-25-20(29)23(27-6)26(5,30)14-33-25;1-6-13-8-7-11(2)20(29-13)30-17-12(3)9-14(23)18(15(17)25)31-21-16(26)19(24-5)22(4,27)10-28-21;1-2-3-7(4,5)6/h10,15-17,19-25,27-30H,7-9,11-14H2,1-6H3;8,11-12,14-21,24-27H,6-7,9-10,23H2,1-5H3;2-3H2,1H3/t15-,16+,17+,19+,20-,21?,22+,23-,24-,25-,26+;11-,12+,14-,15+,16-,17?,18+,19-,20-,21-,22+;/m11./s1. The minimum atomic E-state index is -3.38. The summed E-state index contributed by atoms with van der Waals surface area (Å²) in [6.07, 6.45) is -1.25. The summed E-state index contributed by atoms with van der Waals surface area (Å²) < 4.78 is 93.7. The lowest BCUT2D eigenvalue weighted by Crippen LogP contribution is -2.67. The molecule has 4 aliphatic heterocycles. The van der Waals surface area contributed by atoms with Crippen LogP contribution in [0.4, 0.5) is 0 Å². The molecular weight excluding hydrogens is 1040 g/mol. The summed E-state index contributed by atoms with van der Waals surface area (Å²) in [5.74, 6) is 1.28. The summed E-state index contributed by atoms with van der Waals surface area (Å²) in [6, 6.07) is -1.84. The van der Waals surface area contributed by atoms with Crippen molar-refractivity contribution in [1.29, 1.82) is 0 Å². The Balaban J connectivity index is 0.000000291. The van der Waals surface area contributed by atoms with Gasteiger partial charge in [-0.1, -0.05) is 55.4 Å². The van der Waals surface area contributed by atoms with Crippen LogP contribution in [0.1, 0.15) is 121 Å². The Kier molecular flexibility index (Phi) is 25.5. The highest BCUT2D eigenvalue weighted by Gasteiger charge is 2.53. The molecule has 2 saturated carbocycles. The van der Waals surface area contributed by atoms with E-state index in [1.807, 2.05) is 41.5 Å². The van der Waals surface area contributed by atoms with Crippen LogP contribution < -0.4 is 16.4 Å². The summed E-state index contributed by atoms with van der Waals surface area (Å²) in [4.78, 5) is 0. The molecule has 0 radical (unpaired) electrons. The number of ether oxygens (including phenoxy) is 8. The van der Waals surface area contributed by atoms with Crippen molar-refractivity contribution in [3.8, 4) is 0 Å². The van der Waals surface area contributed by atoms with Crippen molar-refractivity contribution < 1.29 is 85.4 Å². The van der Waals surface area contributed by atoms with Crippen LogP contribution in [0, 0.1) is 29.6 Å². The van der Waals surface area contributed by atoms with E-state index < -0.39 is 128 Å². The third-order valence-electron chi connectivity index (χ3n) is 15.1. The van der Waals surface area contributed by atoms with Crippen LogP contribution in [-0.4, -0.2) is 195 Å². The highest BCUT2D eigenvalue weighted by molar-refractivity contribution is 8.13. The quantitative estimate of drug-likeness (QED) is 0.0891. The normalized spacial score (nSPS) is 42.6. The van der Waals surface area contributed by atoms with Crippen molar-refractivity contribution in [2.75, 3.05) is 44.6 Å². The van der Waals surface area contributed by atoms with Gasteiger partial charge in [0.1, 0.15) is 41.7 Å². The van der Waals surface area contributed by atoms with Crippen LogP contribution in [0.25, 0.3) is 0 Å². The minimum absolute atomic E-state index is 0.000351. The fourth-order valence-electron chi connectivity index (χ4n) is 11.0. The van der Waals surface area contributed by atoms with Crippen molar-refractivity contribution in [2.24, 2.45) is 35.3 Å². The van der Waals surface area contributed by atoms with Gasteiger partial charge in [-0.25, -0.2) is 16.8 Å². The van der Waals surface area contributed by atoms with E-state index in [4.69, 9.17) is 54.3 Å². The zero-order valence-corrected chi connectivity index (χ0v) is 48.6. The maximum atomic E-state index is 12.8. The largest absolute Gasteiger partial charge is 0.469 e. The number of sulfone groups is 1. The van der Waals surface area contributed by atoms with Gasteiger partial charge in [0.15, 0.2) is 22.4 Å². The van der Waals surface area contributed by atoms with Gasteiger partial charge in [0.2, 0.25) is 21.6 Å². The number of nitrogens with one attached hydrogen (secondary N) is 2. The molecule has 0 amide bonds. The molecule has 440 valence electrons. The number of halogens is 1. The molecule has 21 nitrogen and oxygen atoms in total. The molecule has 75 heavy (non-hydrogen) atoms. The molecule has 4 heterocycles. The Bertz CT molecular complexity index is 2040. The summed E-state index contributed by atoms with van der Waals surface area (Å²) in [6.45, 7) is 18.7. The molecule has 10 N–H and O–H groups in total. The van der Waals surface area contributed by atoms with Gasteiger partial charge in [0.25, 0.3) is 0 Å². The topological polar surface area (TPSA) is 314 Å². The Labute approximate surface area is 451 Å². The smallest absolute Gasteiger partial charge is 0.232 e. The van der Waals surface area contributed by atoms with Crippen LogP contribution in [0.5, 0.6) is 0 Å². The second kappa shape index (κ2) is 28.9. The van der Waals surface area contributed by atoms with E-state index in [9.17, 15) is 47.5 Å². The van der Waals surface area contributed by atoms with E-state index in [2.05, 4.69) is 29.7 Å². The van der Waals surface area contributed by atoms with Gasteiger partial charge >= 0.3 is 0 Å². The lowest BCUT2D eigenvalue weighted by atomic mass is 9.77. The van der Waals surface area contributed by atoms with Gasteiger partial charge in [-0.3, -0.25) is 0 Å². The zero-order chi connectivity index (χ0) is 56.4. The Morgan fingerprint density at radius 2 is 1.03 bits per heavy atom. The van der Waals surface area contributed by atoms with Gasteiger partial charge in [-0.05, 0) is 90.5 Å². The summed E-state index contributed by atoms with van der Waals surface area (Å²) in [5.41, 5.74) is 3.75. The molecular formula is C51H94ClN3O18S2. The van der Waals surface area contributed by atoms with Crippen molar-refractivity contribution in [1.82, 2.24) is 10.6 Å². The van der Waals surface area contributed by atoms with E-state index in [1.54, 1.807) is 34.9 Å². The molecule has 0 aromatic rings. The van der Waals surface area contributed by atoms with E-state index in [0.717, 1.165) is 37.2 Å². The Morgan fingerprint density at radius 1 is 0.627 bits per heavy atom. The van der Waals surface area contributed by atoms with Gasteiger partial charge < -0.3 is 84.9 Å². The number of aliphatic hydroxyl groups is 6. The number of rotatable bonds is 18. The number of likely N-dealkylation sites (N-methyl/N-ethyl adjacent to an activating group) is 2. The average molecular weight is 1140 g/mol. The fraction of sp³-hybridized carbons (Fsp3) is 0.922. The summed E-state index contributed by atoms with van der Waals surface area (Å²) in [7, 11) is 1.50. The predicted octanol–water partition coefficient (Wildman–Crippen LogP) is 2.51. The van der Waals surface area contributed by atoms with Crippen LogP contribution in [0.3, 0.4) is 0 Å². The molecule has 0 aromatic carbocycles. The zero-order valence-electron chi connectivity index (χ0n) is 46.2. The molecule has 22 atom stereocenters. The molecule has 2 unspecified atom stereocenters.